The first kappa shape index (κ1) is 17.4. The second-order valence-electron chi connectivity index (χ2n) is 6.95. The Morgan fingerprint density at radius 2 is 1.81 bits per heavy atom. The fourth-order valence-corrected chi connectivity index (χ4v) is 3.76. The standard InChI is InChI=1S/C21H23N3O3/c1-22-19-7-6-15(12-16(19)13-20(22)25)21(26)24-10-8-23(9-11-24)17-4-3-5-18(14-17)27-2/h3-7,12,14H,8-11,13H2,1-2H3. The fraction of sp³-hybridized carbons (Fsp3) is 0.333. The second kappa shape index (κ2) is 6.95. The summed E-state index contributed by atoms with van der Waals surface area (Å²) in [5.74, 6) is 0.940. The van der Waals surface area contributed by atoms with Gasteiger partial charge < -0.3 is 19.4 Å². The predicted octanol–water partition coefficient (Wildman–Crippen LogP) is 2.18. The van der Waals surface area contributed by atoms with Gasteiger partial charge >= 0.3 is 0 Å². The van der Waals surface area contributed by atoms with Gasteiger partial charge in [0.05, 0.1) is 13.5 Å². The number of carbonyl (C=O) groups excluding carboxylic acids is 2. The van der Waals surface area contributed by atoms with Gasteiger partial charge in [0.15, 0.2) is 0 Å². The summed E-state index contributed by atoms with van der Waals surface area (Å²) in [7, 11) is 3.44. The maximum Gasteiger partial charge on any atom is 0.253 e. The number of anilines is 2. The first-order valence-corrected chi connectivity index (χ1v) is 9.14. The van der Waals surface area contributed by atoms with Crippen LogP contribution in [0.15, 0.2) is 42.5 Å². The monoisotopic (exact) mass is 365 g/mol. The van der Waals surface area contributed by atoms with Crippen LogP contribution in [0.3, 0.4) is 0 Å². The van der Waals surface area contributed by atoms with Crippen molar-refractivity contribution < 1.29 is 14.3 Å². The van der Waals surface area contributed by atoms with Crippen molar-refractivity contribution in [2.75, 3.05) is 50.1 Å². The number of amides is 2. The highest BCUT2D eigenvalue weighted by molar-refractivity contribution is 6.03. The van der Waals surface area contributed by atoms with E-state index in [1.807, 2.05) is 41.3 Å². The summed E-state index contributed by atoms with van der Waals surface area (Å²) in [4.78, 5) is 30.5. The topological polar surface area (TPSA) is 53.1 Å². The summed E-state index contributed by atoms with van der Waals surface area (Å²) >= 11 is 0. The van der Waals surface area contributed by atoms with Crippen LogP contribution in [-0.2, 0) is 11.2 Å². The molecule has 4 rings (SSSR count). The Morgan fingerprint density at radius 3 is 2.56 bits per heavy atom. The molecule has 140 valence electrons. The third-order valence-corrected chi connectivity index (χ3v) is 5.39. The van der Waals surface area contributed by atoms with E-state index in [0.717, 1.165) is 35.8 Å². The van der Waals surface area contributed by atoms with Gasteiger partial charge in [0.25, 0.3) is 5.91 Å². The summed E-state index contributed by atoms with van der Waals surface area (Å²) in [6, 6.07) is 13.6. The summed E-state index contributed by atoms with van der Waals surface area (Å²) in [5.41, 5.74) is 3.61. The Kier molecular flexibility index (Phi) is 4.48. The smallest absolute Gasteiger partial charge is 0.253 e. The predicted molar refractivity (Wildman–Crippen MR) is 105 cm³/mol. The fourth-order valence-electron chi connectivity index (χ4n) is 3.76. The number of hydrogen-bond acceptors (Lipinski definition) is 4. The lowest BCUT2D eigenvalue weighted by Crippen LogP contribution is -2.48. The van der Waals surface area contributed by atoms with Crippen molar-refractivity contribution in [3.05, 3.63) is 53.6 Å². The lowest BCUT2D eigenvalue weighted by molar-refractivity contribution is -0.117. The number of likely N-dealkylation sites (N-methyl/N-ethyl adjacent to an activating group) is 1. The van der Waals surface area contributed by atoms with Gasteiger partial charge in [0.1, 0.15) is 5.75 Å². The highest BCUT2D eigenvalue weighted by Gasteiger charge is 2.27. The maximum absolute atomic E-state index is 12.9. The number of ether oxygens (including phenoxy) is 1. The van der Waals surface area contributed by atoms with Crippen LogP contribution in [0.5, 0.6) is 5.75 Å². The van der Waals surface area contributed by atoms with Crippen LogP contribution in [0.4, 0.5) is 11.4 Å². The molecule has 0 N–H and O–H groups in total. The van der Waals surface area contributed by atoms with Crippen LogP contribution in [0, 0.1) is 0 Å². The van der Waals surface area contributed by atoms with Crippen molar-refractivity contribution >= 4 is 23.2 Å². The number of benzene rings is 2. The largest absolute Gasteiger partial charge is 0.497 e. The first-order valence-electron chi connectivity index (χ1n) is 9.14. The number of piperazine rings is 1. The van der Waals surface area contributed by atoms with Crippen molar-refractivity contribution in [2.45, 2.75) is 6.42 Å². The molecule has 0 saturated carbocycles. The van der Waals surface area contributed by atoms with E-state index < -0.39 is 0 Å². The maximum atomic E-state index is 12.9. The molecule has 1 fully saturated rings. The van der Waals surface area contributed by atoms with E-state index >= 15 is 0 Å². The second-order valence-corrected chi connectivity index (χ2v) is 6.95. The third kappa shape index (κ3) is 3.23. The zero-order valence-corrected chi connectivity index (χ0v) is 15.6. The molecule has 2 heterocycles. The molecule has 0 radical (unpaired) electrons. The van der Waals surface area contributed by atoms with Gasteiger partial charge in [-0.2, -0.15) is 0 Å². The summed E-state index contributed by atoms with van der Waals surface area (Å²) in [6.07, 6.45) is 0.372. The van der Waals surface area contributed by atoms with E-state index in [9.17, 15) is 9.59 Å². The lowest BCUT2D eigenvalue weighted by atomic mass is 10.1. The Balaban J connectivity index is 1.43. The number of methoxy groups -OCH3 is 1. The van der Waals surface area contributed by atoms with Crippen molar-refractivity contribution in [1.29, 1.82) is 0 Å². The third-order valence-electron chi connectivity index (χ3n) is 5.39. The average Bonchev–Trinajstić information content (AvgIpc) is 3.00. The molecule has 0 aromatic heterocycles. The molecule has 2 aromatic carbocycles. The van der Waals surface area contributed by atoms with Crippen molar-refractivity contribution in [2.24, 2.45) is 0 Å². The zero-order valence-electron chi connectivity index (χ0n) is 15.6. The quantitative estimate of drug-likeness (QED) is 0.837. The van der Waals surface area contributed by atoms with E-state index in [4.69, 9.17) is 4.74 Å². The van der Waals surface area contributed by atoms with Crippen LogP contribution in [0.1, 0.15) is 15.9 Å². The van der Waals surface area contributed by atoms with E-state index in [1.165, 1.54) is 0 Å². The normalized spacial score (nSPS) is 16.5. The number of nitrogens with zero attached hydrogens (tertiary/aromatic N) is 3. The van der Waals surface area contributed by atoms with Crippen LogP contribution >= 0.6 is 0 Å². The minimum Gasteiger partial charge on any atom is -0.497 e. The number of hydrogen-bond donors (Lipinski definition) is 0. The highest BCUT2D eigenvalue weighted by atomic mass is 16.5. The Bertz CT molecular complexity index is 888. The number of rotatable bonds is 3. The SMILES string of the molecule is COc1cccc(N2CCN(C(=O)c3ccc4c(c3)CC(=O)N4C)CC2)c1. The van der Waals surface area contributed by atoms with Crippen molar-refractivity contribution in [3.8, 4) is 5.75 Å². The highest BCUT2D eigenvalue weighted by Crippen LogP contribution is 2.29. The van der Waals surface area contributed by atoms with Gasteiger partial charge in [-0.3, -0.25) is 9.59 Å². The molecule has 0 unspecified atom stereocenters. The molecule has 0 spiro atoms. The molecule has 2 amide bonds. The van der Waals surface area contributed by atoms with Gasteiger partial charge in [-0.05, 0) is 35.9 Å². The summed E-state index contributed by atoms with van der Waals surface area (Å²) in [5, 5.41) is 0. The van der Waals surface area contributed by atoms with Gasteiger partial charge in [-0.1, -0.05) is 6.07 Å². The van der Waals surface area contributed by atoms with Gasteiger partial charge in [-0.15, -0.1) is 0 Å². The first-order chi connectivity index (χ1) is 13.1. The molecule has 0 aliphatic carbocycles. The van der Waals surface area contributed by atoms with E-state index in [-0.39, 0.29) is 11.8 Å². The molecular weight excluding hydrogens is 342 g/mol. The average molecular weight is 365 g/mol. The van der Waals surface area contributed by atoms with Crippen molar-refractivity contribution in [3.63, 3.8) is 0 Å². The van der Waals surface area contributed by atoms with Gasteiger partial charge in [0, 0.05) is 56.2 Å². The van der Waals surface area contributed by atoms with E-state index in [1.54, 1.807) is 19.1 Å². The van der Waals surface area contributed by atoms with Crippen molar-refractivity contribution in [1.82, 2.24) is 4.90 Å². The minimum absolute atomic E-state index is 0.0325. The molecular formula is C21H23N3O3. The lowest BCUT2D eigenvalue weighted by Gasteiger charge is -2.36. The molecule has 2 aromatic rings. The molecule has 0 bridgehead atoms. The molecule has 1 saturated heterocycles. The van der Waals surface area contributed by atoms with Gasteiger partial charge in [-0.25, -0.2) is 0 Å². The Hall–Kier alpha value is -3.02. The van der Waals surface area contributed by atoms with E-state index in [2.05, 4.69) is 11.0 Å². The van der Waals surface area contributed by atoms with Crippen LogP contribution in [-0.4, -0.2) is 57.1 Å². The molecule has 27 heavy (non-hydrogen) atoms. The molecule has 0 atom stereocenters. The summed E-state index contributed by atoms with van der Waals surface area (Å²) < 4.78 is 5.30. The number of carbonyl (C=O) groups is 2. The molecule has 6 heteroatoms. The molecule has 2 aliphatic rings. The minimum atomic E-state index is 0.0325. The van der Waals surface area contributed by atoms with Crippen LogP contribution < -0.4 is 14.5 Å². The molecule has 6 nitrogen and oxygen atoms in total. The van der Waals surface area contributed by atoms with E-state index in [0.29, 0.717) is 25.1 Å². The summed E-state index contributed by atoms with van der Waals surface area (Å²) in [6.45, 7) is 2.91. The zero-order chi connectivity index (χ0) is 19.0. The Labute approximate surface area is 158 Å². The van der Waals surface area contributed by atoms with Gasteiger partial charge in [0.2, 0.25) is 5.91 Å². The Morgan fingerprint density at radius 1 is 1.04 bits per heavy atom. The molecule has 2 aliphatic heterocycles. The van der Waals surface area contributed by atoms with Crippen LogP contribution in [0.25, 0.3) is 0 Å². The number of fused-ring (bicyclic) bond motifs is 1. The van der Waals surface area contributed by atoms with Crippen LogP contribution in [0.2, 0.25) is 0 Å².